The van der Waals surface area contributed by atoms with E-state index in [9.17, 15) is 4.79 Å². The fraction of sp³-hybridized carbons (Fsp3) is 0.294. The van der Waals surface area contributed by atoms with E-state index >= 15 is 0 Å². The number of methoxy groups -OCH3 is 1. The zero-order valence-electron chi connectivity index (χ0n) is 13.1. The highest BCUT2D eigenvalue weighted by atomic mass is 35.5. The van der Waals surface area contributed by atoms with Crippen molar-refractivity contribution in [3.8, 4) is 5.06 Å². The average Bonchev–Trinajstić information content (AvgIpc) is 3.11. The molecule has 0 amide bonds. The number of carbonyl (C=O) groups is 1. The van der Waals surface area contributed by atoms with Gasteiger partial charge >= 0.3 is 0 Å². The van der Waals surface area contributed by atoms with Crippen LogP contribution in [-0.4, -0.2) is 25.2 Å². The van der Waals surface area contributed by atoms with Crippen LogP contribution in [0.3, 0.4) is 0 Å². The molecular weight excluding hydrogens is 334 g/mol. The number of allylic oxidation sites excluding steroid dienone is 5. The van der Waals surface area contributed by atoms with Crippen LogP contribution in [-0.2, 0) is 4.74 Å². The molecule has 0 aromatic carbocycles. The molecule has 0 fully saturated rings. The molecule has 6 heteroatoms. The summed E-state index contributed by atoms with van der Waals surface area (Å²) in [6.45, 7) is 4.38. The molecule has 2 heterocycles. The van der Waals surface area contributed by atoms with Gasteiger partial charge in [0.15, 0.2) is 5.06 Å². The van der Waals surface area contributed by atoms with Gasteiger partial charge in [-0.1, -0.05) is 22.9 Å². The Hall–Kier alpha value is -1.85. The number of halogens is 1. The normalized spacial score (nSPS) is 17.0. The SMILES string of the molecule is CCOc1ccc(C(=O)C2=C3C=C(C)N=C3CC(Cl)=C2OC)s1. The molecule has 1 aliphatic carbocycles. The van der Waals surface area contributed by atoms with Crippen molar-refractivity contribution in [1.29, 1.82) is 0 Å². The van der Waals surface area contributed by atoms with Crippen LogP contribution in [0.15, 0.2) is 50.8 Å². The van der Waals surface area contributed by atoms with Gasteiger partial charge in [-0.3, -0.25) is 9.79 Å². The summed E-state index contributed by atoms with van der Waals surface area (Å²) in [5, 5.41) is 1.22. The highest BCUT2D eigenvalue weighted by molar-refractivity contribution is 7.16. The summed E-state index contributed by atoms with van der Waals surface area (Å²) < 4.78 is 10.9. The van der Waals surface area contributed by atoms with E-state index in [0.29, 0.717) is 34.3 Å². The van der Waals surface area contributed by atoms with Gasteiger partial charge in [-0.25, -0.2) is 0 Å². The maximum atomic E-state index is 13.0. The minimum atomic E-state index is -0.121. The highest BCUT2D eigenvalue weighted by Gasteiger charge is 2.33. The molecule has 3 rings (SSSR count). The molecule has 0 N–H and O–H groups in total. The van der Waals surface area contributed by atoms with Crippen molar-refractivity contribution in [3.05, 3.63) is 50.7 Å². The second-order valence-corrected chi connectivity index (χ2v) is 6.63. The summed E-state index contributed by atoms with van der Waals surface area (Å²) in [6, 6.07) is 3.57. The number of rotatable bonds is 5. The van der Waals surface area contributed by atoms with Crippen LogP contribution in [0, 0.1) is 0 Å². The number of ketones is 1. The van der Waals surface area contributed by atoms with Crippen LogP contribution in [0.5, 0.6) is 5.06 Å². The van der Waals surface area contributed by atoms with Crippen molar-refractivity contribution in [1.82, 2.24) is 0 Å². The molecule has 1 aromatic rings. The van der Waals surface area contributed by atoms with Crippen LogP contribution >= 0.6 is 22.9 Å². The Bertz CT molecular complexity index is 799. The van der Waals surface area contributed by atoms with Gasteiger partial charge in [-0.05, 0) is 32.1 Å². The third-order valence-corrected chi connectivity index (χ3v) is 4.87. The Morgan fingerprint density at radius 3 is 2.91 bits per heavy atom. The van der Waals surface area contributed by atoms with E-state index in [-0.39, 0.29) is 5.78 Å². The second kappa shape index (κ2) is 6.34. The number of ether oxygens (including phenoxy) is 2. The van der Waals surface area contributed by atoms with Crippen LogP contribution in [0.25, 0.3) is 0 Å². The molecule has 0 radical (unpaired) electrons. The van der Waals surface area contributed by atoms with Crippen LogP contribution in [0.2, 0.25) is 0 Å². The molecule has 0 saturated carbocycles. The first-order valence-electron chi connectivity index (χ1n) is 7.26. The van der Waals surface area contributed by atoms with Crippen molar-refractivity contribution in [2.24, 2.45) is 4.99 Å². The van der Waals surface area contributed by atoms with Crippen LogP contribution < -0.4 is 4.74 Å². The Morgan fingerprint density at radius 2 is 2.22 bits per heavy atom. The molecule has 4 nitrogen and oxygen atoms in total. The lowest BCUT2D eigenvalue weighted by Crippen LogP contribution is -2.18. The third kappa shape index (κ3) is 2.86. The maximum absolute atomic E-state index is 13.0. The monoisotopic (exact) mass is 349 g/mol. The molecule has 23 heavy (non-hydrogen) atoms. The smallest absolute Gasteiger partial charge is 0.207 e. The Kier molecular flexibility index (Phi) is 4.41. The van der Waals surface area contributed by atoms with Crippen LogP contribution in [0.1, 0.15) is 29.9 Å². The largest absolute Gasteiger partial charge is 0.495 e. The van der Waals surface area contributed by atoms with E-state index in [1.807, 2.05) is 19.9 Å². The first-order valence-corrected chi connectivity index (χ1v) is 8.45. The molecule has 0 unspecified atom stereocenters. The van der Waals surface area contributed by atoms with E-state index in [1.165, 1.54) is 18.4 Å². The number of aliphatic imine (C=N–C) groups is 1. The van der Waals surface area contributed by atoms with Crippen molar-refractivity contribution < 1.29 is 14.3 Å². The summed E-state index contributed by atoms with van der Waals surface area (Å²) in [7, 11) is 1.53. The van der Waals surface area contributed by atoms with E-state index in [1.54, 1.807) is 12.1 Å². The molecule has 1 aromatic heterocycles. The van der Waals surface area contributed by atoms with Crippen LogP contribution in [0.4, 0.5) is 0 Å². The van der Waals surface area contributed by atoms with Gasteiger partial charge < -0.3 is 9.47 Å². The number of Topliss-reactive ketones (excluding diaryl/α,β-unsaturated/α-hetero) is 1. The fourth-order valence-corrected chi connectivity index (χ4v) is 3.82. The molecular formula is C17H16ClNO3S. The Morgan fingerprint density at radius 1 is 1.43 bits per heavy atom. The lowest BCUT2D eigenvalue weighted by molar-refractivity contribution is 0.103. The molecule has 120 valence electrons. The molecule has 0 atom stereocenters. The van der Waals surface area contributed by atoms with Gasteiger partial charge in [-0.2, -0.15) is 0 Å². The number of fused-ring (bicyclic) bond motifs is 1. The maximum Gasteiger partial charge on any atom is 0.207 e. The summed E-state index contributed by atoms with van der Waals surface area (Å²) >= 11 is 7.64. The zero-order valence-corrected chi connectivity index (χ0v) is 14.7. The topological polar surface area (TPSA) is 47.9 Å². The predicted octanol–water partition coefficient (Wildman–Crippen LogP) is 4.49. The third-order valence-electron chi connectivity index (χ3n) is 3.56. The van der Waals surface area contributed by atoms with E-state index < -0.39 is 0 Å². The standard InChI is InChI=1S/C17H16ClNO3S/c1-4-22-14-6-5-13(23-14)16(20)15-10-7-9(2)19-12(10)8-11(18)17(15)21-3/h5-7H,4,8H2,1-3H3. The number of carbonyl (C=O) groups excluding carboxylic acids is 1. The zero-order chi connectivity index (χ0) is 16.6. The first kappa shape index (κ1) is 16.0. The first-order chi connectivity index (χ1) is 11.0. The Labute approximate surface area is 143 Å². The van der Waals surface area contributed by atoms with Crippen molar-refractivity contribution in [2.45, 2.75) is 20.3 Å². The van der Waals surface area contributed by atoms with Gasteiger partial charge in [0.25, 0.3) is 0 Å². The highest BCUT2D eigenvalue weighted by Crippen LogP contribution is 2.38. The number of thiophene rings is 1. The quantitative estimate of drug-likeness (QED) is 0.736. The molecule has 0 bridgehead atoms. The van der Waals surface area contributed by atoms with E-state index in [2.05, 4.69) is 4.99 Å². The van der Waals surface area contributed by atoms with Crippen molar-refractivity contribution in [3.63, 3.8) is 0 Å². The second-order valence-electron chi connectivity index (χ2n) is 5.13. The minimum absolute atomic E-state index is 0.121. The average molecular weight is 350 g/mol. The summed E-state index contributed by atoms with van der Waals surface area (Å²) in [4.78, 5) is 18.1. The van der Waals surface area contributed by atoms with Gasteiger partial charge in [0.2, 0.25) is 5.78 Å². The van der Waals surface area contributed by atoms with Gasteiger partial charge in [0, 0.05) is 17.7 Å². The molecule has 0 saturated heterocycles. The van der Waals surface area contributed by atoms with Gasteiger partial charge in [0.05, 0.1) is 34.9 Å². The lowest BCUT2D eigenvalue weighted by atomic mass is 9.91. The number of nitrogens with zero attached hydrogens (tertiary/aromatic N) is 1. The Balaban J connectivity index is 2.08. The molecule has 1 aliphatic heterocycles. The molecule has 2 aliphatic rings. The van der Waals surface area contributed by atoms with Crippen molar-refractivity contribution >= 4 is 34.4 Å². The number of hydrogen-bond donors (Lipinski definition) is 0. The fourth-order valence-electron chi connectivity index (χ4n) is 2.66. The predicted molar refractivity (Wildman–Crippen MR) is 92.5 cm³/mol. The van der Waals surface area contributed by atoms with Crippen molar-refractivity contribution in [2.75, 3.05) is 13.7 Å². The minimum Gasteiger partial charge on any atom is -0.495 e. The molecule has 0 spiro atoms. The number of hydrogen-bond acceptors (Lipinski definition) is 5. The van der Waals surface area contributed by atoms with Gasteiger partial charge in [-0.15, -0.1) is 0 Å². The summed E-state index contributed by atoms with van der Waals surface area (Å²) in [6.07, 6.45) is 2.39. The summed E-state index contributed by atoms with van der Waals surface area (Å²) in [5.41, 5.74) is 2.96. The van der Waals surface area contributed by atoms with E-state index in [0.717, 1.165) is 22.0 Å². The van der Waals surface area contributed by atoms with Gasteiger partial charge in [0.1, 0.15) is 5.76 Å². The van der Waals surface area contributed by atoms with E-state index in [4.69, 9.17) is 21.1 Å². The lowest BCUT2D eigenvalue weighted by Gasteiger charge is -2.20. The summed E-state index contributed by atoms with van der Waals surface area (Å²) in [5.74, 6) is 0.312.